The summed E-state index contributed by atoms with van der Waals surface area (Å²) in [5.41, 5.74) is 2.58. The average Bonchev–Trinajstić information content (AvgIpc) is 2.95. The molecule has 0 saturated carbocycles. The molecule has 8 heteroatoms. The van der Waals surface area contributed by atoms with Crippen LogP contribution in [0.15, 0.2) is 21.1 Å². The molecule has 1 aromatic heterocycles. The Kier molecular flexibility index (Phi) is 4.56. The second-order valence-electron chi connectivity index (χ2n) is 6.20. The van der Waals surface area contributed by atoms with Crippen molar-refractivity contribution >= 4 is 54.1 Å². The van der Waals surface area contributed by atoms with Crippen LogP contribution in [0.4, 0.5) is 5.00 Å². The van der Waals surface area contributed by atoms with Crippen LogP contribution in [0, 0.1) is 0 Å². The minimum atomic E-state index is -0.462. The molecule has 5 nitrogen and oxygen atoms in total. The van der Waals surface area contributed by atoms with Crippen LogP contribution in [-0.4, -0.2) is 29.0 Å². The minimum absolute atomic E-state index is 0.0725. The van der Waals surface area contributed by atoms with Gasteiger partial charge < -0.3 is 15.7 Å². The van der Waals surface area contributed by atoms with Gasteiger partial charge in [-0.15, -0.1) is 11.3 Å². The number of carbonyl (C=O) groups excluding carboxylic acids is 1. The molecule has 0 saturated heterocycles. The van der Waals surface area contributed by atoms with E-state index < -0.39 is 6.17 Å². The highest BCUT2D eigenvalue weighted by Gasteiger charge is 2.34. The summed E-state index contributed by atoms with van der Waals surface area (Å²) in [6.07, 6.45) is 0.443. The third kappa shape index (κ3) is 2.99. The molecule has 0 aliphatic carbocycles. The molecule has 0 fully saturated rings. The van der Waals surface area contributed by atoms with E-state index in [1.807, 2.05) is 6.07 Å². The van der Waals surface area contributed by atoms with Crippen LogP contribution in [0.5, 0.6) is 5.75 Å². The van der Waals surface area contributed by atoms with Crippen molar-refractivity contribution in [2.75, 3.05) is 18.4 Å². The summed E-state index contributed by atoms with van der Waals surface area (Å²) in [7, 11) is 0. The summed E-state index contributed by atoms with van der Waals surface area (Å²) in [6.45, 7) is 5.07. The summed E-state index contributed by atoms with van der Waals surface area (Å²) in [5.74, 6) is 0.0552. The molecule has 2 aromatic rings. The van der Waals surface area contributed by atoms with Gasteiger partial charge in [0, 0.05) is 28.0 Å². The lowest BCUT2D eigenvalue weighted by atomic mass is 10.00. The van der Waals surface area contributed by atoms with Gasteiger partial charge in [0.2, 0.25) is 0 Å². The molecule has 3 N–H and O–H groups in total. The molecule has 0 spiro atoms. The monoisotopic (exact) mass is 485 g/mol. The van der Waals surface area contributed by atoms with E-state index in [9.17, 15) is 9.90 Å². The zero-order valence-electron chi connectivity index (χ0n) is 13.5. The molecular formula is C17H17Br2N3O2S. The lowest BCUT2D eigenvalue weighted by Crippen LogP contribution is -2.39. The van der Waals surface area contributed by atoms with Crippen LogP contribution in [0.2, 0.25) is 0 Å². The van der Waals surface area contributed by atoms with Crippen molar-refractivity contribution in [1.29, 1.82) is 0 Å². The molecule has 0 unspecified atom stereocenters. The average molecular weight is 487 g/mol. The second kappa shape index (κ2) is 6.57. The third-order valence-electron chi connectivity index (χ3n) is 4.73. The van der Waals surface area contributed by atoms with Gasteiger partial charge in [0.25, 0.3) is 5.91 Å². The van der Waals surface area contributed by atoms with Crippen molar-refractivity contribution in [1.82, 2.24) is 10.2 Å². The van der Waals surface area contributed by atoms with Crippen molar-refractivity contribution in [3.8, 4) is 5.75 Å². The van der Waals surface area contributed by atoms with Gasteiger partial charge in [-0.3, -0.25) is 9.69 Å². The number of anilines is 1. The summed E-state index contributed by atoms with van der Waals surface area (Å²) in [5, 5.41) is 17.7. The molecule has 132 valence electrons. The number of carbonyl (C=O) groups is 1. The third-order valence-corrected chi connectivity index (χ3v) is 6.94. The zero-order valence-corrected chi connectivity index (χ0v) is 17.5. The van der Waals surface area contributed by atoms with E-state index in [1.54, 1.807) is 17.4 Å². The molecule has 4 rings (SSSR count). The highest BCUT2D eigenvalue weighted by molar-refractivity contribution is 9.11. The number of nitrogens with one attached hydrogen (secondary N) is 2. The fourth-order valence-electron chi connectivity index (χ4n) is 3.40. The first kappa shape index (κ1) is 17.3. The van der Waals surface area contributed by atoms with Crippen LogP contribution in [0.3, 0.4) is 0 Å². The lowest BCUT2D eigenvalue weighted by Gasteiger charge is -2.28. The number of amides is 1. The number of rotatable bonds is 2. The Morgan fingerprint density at radius 2 is 2.16 bits per heavy atom. The van der Waals surface area contributed by atoms with Gasteiger partial charge in [-0.2, -0.15) is 0 Å². The van der Waals surface area contributed by atoms with Gasteiger partial charge in [-0.1, -0.05) is 22.9 Å². The fourth-order valence-corrected chi connectivity index (χ4v) is 5.97. The predicted octanol–water partition coefficient (Wildman–Crippen LogP) is 4.21. The topological polar surface area (TPSA) is 64.6 Å². The quantitative estimate of drug-likeness (QED) is 0.594. The van der Waals surface area contributed by atoms with Crippen molar-refractivity contribution < 1.29 is 9.90 Å². The van der Waals surface area contributed by atoms with Gasteiger partial charge in [0.15, 0.2) is 0 Å². The Morgan fingerprint density at radius 1 is 1.36 bits per heavy atom. The smallest absolute Gasteiger partial charge is 0.256 e. The number of nitrogens with zero attached hydrogens (tertiary/aromatic N) is 1. The van der Waals surface area contributed by atoms with Crippen LogP contribution in [-0.2, 0) is 13.0 Å². The van der Waals surface area contributed by atoms with Crippen LogP contribution in [0.25, 0.3) is 0 Å². The van der Waals surface area contributed by atoms with Crippen molar-refractivity contribution in [3.63, 3.8) is 0 Å². The number of likely N-dealkylation sites (N-methyl/N-ethyl adjacent to an activating group) is 1. The normalized spacial score (nSPS) is 19.8. The molecule has 1 amide bonds. The molecule has 1 atom stereocenters. The first-order valence-corrected chi connectivity index (χ1v) is 10.5. The first-order chi connectivity index (χ1) is 12.0. The van der Waals surface area contributed by atoms with E-state index >= 15 is 0 Å². The van der Waals surface area contributed by atoms with E-state index in [-0.39, 0.29) is 11.7 Å². The van der Waals surface area contributed by atoms with E-state index in [0.29, 0.717) is 10.0 Å². The number of hydrogen-bond acceptors (Lipinski definition) is 5. The van der Waals surface area contributed by atoms with Gasteiger partial charge in [0.1, 0.15) is 16.9 Å². The summed E-state index contributed by atoms with van der Waals surface area (Å²) < 4.78 is 1.42. The number of phenols is 1. The Bertz CT molecular complexity index is 868. The lowest BCUT2D eigenvalue weighted by molar-refractivity contribution is 0.0934. The first-order valence-electron chi connectivity index (χ1n) is 8.10. The number of benzene rings is 1. The summed E-state index contributed by atoms with van der Waals surface area (Å²) in [6, 6.07) is 3.59. The number of hydrogen-bond donors (Lipinski definition) is 3. The highest BCUT2D eigenvalue weighted by Crippen LogP contribution is 2.43. The Morgan fingerprint density at radius 3 is 2.92 bits per heavy atom. The van der Waals surface area contributed by atoms with E-state index in [1.165, 1.54) is 10.4 Å². The number of phenolic OH excluding ortho intramolecular Hbond substituents is 1. The van der Waals surface area contributed by atoms with Gasteiger partial charge in [-0.25, -0.2) is 0 Å². The van der Waals surface area contributed by atoms with Crippen molar-refractivity contribution in [2.24, 2.45) is 0 Å². The zero-order chi connectivity index (χ0) is 17.7. The van der Waals surface area contributed by atoms with Crippen molar-refractivity contribution in [3.05, 3.63) is 42.6 Å². The largest absolute Gasteiger partial charge is 0.506 e. The number of halogens is 2. The fraction of sp³-hybridized carbons (Fsp3) is 0.353. The predicted molar refractivity (Wildman–Crippen MR) is 106 cm³/mol. The molecule has 3 heterocycles. The van der Waals surface area contributed by atoms with Gasteiger partial charge in [0.05, 0.1) is 10.0 Å². The summed E-state index contributed by atoms with van der Waals surface area (Å²) in [4.78, 5) is 16.4. The van der Waals surface area contributed by atoms with Gasteiger partial charge in [-0.05, 0) is 46.6 Å². The maximum atomic E-state index is 12.8. The molecule has 0 radical (unpaired) electrons. The molecule has 2 aliphatic heterocycles. The number of thiophene rings is 1. The molecule has 2 aliphatic rings. The van der Waals surface area contributed by atoms with Crippen LogP contribution >= 0.6 is 43.2 Å². The van der Waals surface area contributed by atoms with E-state index in [2.05, 4.69) is 54.3 Å². The Balaban J connectivity index is 1.71. The minimum Gasteiger partial charge on any atom is -0.506 e. The Labute approximate surface area is 166 Å². The van der Waals surface area contributed by atoms with Crippen LogP contribution in [0.1, 0.15) is 39.5 Å². The second-order valence-corrected chi connectivity index (χ2v) is 9.08. The Hall–Kier alpha value is -1.09. The molecule has 0 bridgehead atoms. The van der Waals surface area contributed by atoms with Crippen LogP contribution < -0.4 is 10.6 Å². The maximum Gasteiger partial charge on any atom is 0.256 e. The molecule has 1 aromatic carbocycles. The SMILES string of the molecule is CCN1CCc2c(sc3c2C(=O)N[C@H](c2cc(Br)cc(Br)c2O)N3)C1. The van der Waals surface area contributed by atoms with E-state index in [0.717, 1.165) is 41.1 Å². The number of aromatic hydroxyl groups is 1. The molecular weight excluding hydrogens is 470 g/mol. The summed E-state index contributed by atoms with van der Waals surface area (Å²) >= 11 is 8.44. The van der Waals surface area contributed by atoms with Gasteiger partial charge >= 0.3 is 0 Å². The molecule has 25 heavy (non-hydrogen) atoms. The maximum absolute atomic E-state index is 12.8. The standard InChI is InChI=1S/C17H17Br2N3O2S/c1-2-22-4-3-9-12(7-22)25-17-13(9)16(24)20-15(21-17)10-5-8(18)6-11(19)14(10)23/h5-6,15,21,23H,2-4,7H2,1H3,(H,20,24)/t15-/m0/s1. The number of fused-ring (bicyclic) bond motifs is 3. The van der Waals surface area contributed by atoms with Crippen molar-refractivity contribution in [2.45, 2.75) is 26.1 Å². The van der Waals surface area contributed by atoms with E-state index in [4.69, 9.17) is 0 Å². The highest BCUT2D eigenvalue weighted by atomic mass is 79.9.